The Labute approximate surface area is 150 Å². The van der Waals surface area contributed by atoms with Crippen molar-refractivity contribution >= 4 is 11.7 Å². The predicted octanol–water partition coefficient (Wildman–Crippen LogP) is 5.09. The van der Waals surface area contributed by atoms with Gasteiger partial charge in [0, 0.05) is 24.8 Å². The van der Waals surface area contributed by atoms with Gasteiger partial charge >= 0.3 is 6.03 Å². The van der Waals surface area contributed by atoms with Crippen LogP contribution in [-0.2, 0) is 6.54 Å². The molecular weight excluding hydrogens is 312 g/mol. The van der Waals surface area contributed by atoms with Crippen molar-refractivity contribution in [1.29, 1.82) is 0 Å². The van der Waals surface area contributed by atoms with Crippen LogP contribution < -0.4 is 10.1 Å². The number of rotatable bonds is 8. The first kappa shape index (κ1) is 18.6. The molecule has 25 heavy (non-hydrogen) atoms. The summed E-state index contributed by atoms with van der Waals surface area (Å²) in [6.07, 6.45) is 0.905. The van der Waals surface area contributed by atoms with Crippen molar-refractivity contribution in [3.63, 3.8) is 0 Å². The molecular formula is C21H26N2O2. The highest BCUT2D eigenvalue weighted by Crippen LogP contribution is 2.18. The van der Waals surface area contributed by atoms with E-state index in [4.69, 9.17) is 4.74 Å². The zero-order valence-electron chi connectivity index (χ0n) is 15.0. The Morgan fingerprint density at radius 1 is 1.16 bits per heavy atom. The van der Waals surface area contributed by atoms with Gasteiger partial charge in [-0.25, -0.2) is 4.79 Å². The lowest BCUT2D eigenvalue weighted by molar-refractivity contribution is 0.209. The number of carbonyl (C=O) groups is 1. The molecule has 0 unspecified atom stereocenters. The van der Waals surface area contributed by atoms with Gasteiger partial charge in [-0.2, -0.15) is 0 Å². The molecule has 2 rings (SSSR count). The lowest BCUT2D eigenvalue weighted by Gasteiger charge is -2.23. The highest BCUT2D eigenvalue weighted by atomic mass is 16.5. The smallest absolute Gasteiger partial charge is 0.322 e. The minimum atomic E-state index is -0.109. The minimum Gasteiger partial charge on any atom is -0.489 e. The Morgan fingerprint density at radius 3 is 2.60 bits per heavy atom. The van der Waals surface area contributed by atoms with Gasteiger partial charge in [0.2, 0.25) is 0 Å². The largest absolute Gasteiger partial charge is 0.489 e. The van der Waals surface area contributed by atoms with Gasteiger partial charge in [0.25, 0.3) is 0 Å². The zero-order valence-corrected chi connectivity index (χ0v) is 15.0. The average molecular weight is 338 g/mol. The fraction of sp³-hybridized carbons (Fsp3) is 0.286. The van der Waals surface area contributed by atoms with Crippen LogP contribution in [0.15, 0.2) is 66.7 Å². The number of amides is 2. The number of benzene rings is 2. The van der Waals surface area contributed by atoms with Crippen LogP contribution >= 0.6 is 0 Å². The van der Waals surface area contributed by atoms with Gasteiger partial charge in [-0.15, -0.1) is 0 Å². The molecule has 4 nitrogen and oxygen atoms in total. The molecule has 0 aliphatic rings. The lowest BCUT2D eigenvalue weighted by atomic mass is 10.2. The van der Waals surface area contributed by atoms with Gasteiger partial charge in [-0.3, -0.25) is 0 Å². The van der Waals surface area contributed by atoms with Crippen LogP contribution in [0.5, 0.6) is 5.75 Å². The first-order chi connectivity index (χ1) is 12.1. The van der Waals surface area contributed by atoms with E-state index >= 15 is 0 Å². The van der Waals surface area contributed by atoms with Gasteiger partial charge in [0.05, 0.1) is 0 Å². The number of nitrogens with zero attached hydrogens (tertiary/aromatic N) is 1. The molecule has 0 atom stereocenters. The fourth-order valence-electron chi connectivity index (χ4n) is 2.40. The van der Waals surface area contributed by atoms with Gasteiger partial charge in [0.15, 0.2) is 0 Å². The van der Waals surface area contributed by atoms with Crippen LogP contribution in [0.25, 0.3) is 0 Å². The molecule has 1 N–H and O–H groups in total. The maximum absolute atomic E-state index is 12.6. The Morgan fingerprint density at radius 2 is 1.92 bits per heavy atom. The van der Waals surface area contributed by atoms with Gasteiger partial charge < -0.3 is 15.0 Å². The fourth-order valence-corrected chi connectivity index (χ4v) is 2.40. The van der Waals surface area contributed by atoms with E-state index in [9.17, 15) is 4.79 Å². The molecule has 0 radical (unpaired) electrons. The van der Waals surface area contributed by atoms with Crippen LogP contribution in [0.3, 0.4) is 0 Å². The first-order valence-corrected chi connectivity index (χ1v) is 8.55. The zero-order chi connectivity index (χ0) is 18.1. The number of hydrogen-bond donors (Lipinski definition) is 1. The number of carbonyl (C=O) groups excluding carboxylic acids is 1. The highest BCUT2D eigenvalue weighted by molar-refractivity contribution is 5.89. The minimum absolute atomic E-state index is 0.109. The molecule has 2 amide bonds. The van der Waals surface area contributed by atoms with E-state index in [-0.39, 0.29) is 6.03 Å². The molecule has 0 saturated carbocycles. The second-order valence-electron chi connectivity index (χ2n) is 6.11. The number of nitrogens with one attached hydrogen (secondary N) is 1. The van der Waals surface area contributed by atoms with Crippen molar-refractivity contribution in [1.82, 2.24) is 4.90 Å². The molecule has 0 aliphatic heterocycles. The topological polar surface area (TPSA) is 41.6 Å². The van der Waals surface area contributed by atoms with Gasteiger partial charge in [0.1, 0.15) is 12.4 Å². The monoisotopic (exact) mass is 338 g/mol. The maximum atomic E-state index is 12.6. The summed E-state index contributed by atoms with van der Waals surface area (Å²) >= 11 is 0. The molecule has 0 spiro atoms. The summed E-state index contributed by atoms with van der Waals surface area (Å²) in [6, 6.07) is 17.3. The van der Waals surface area contributed by atoms with Gasteiger partial charge in [-0.1, -0.05) is 49.9 Å². The molecule has 2 aromatic rings. The summed E-state index contributed by atoms with van der Waals surface area (Å²) in [7, 11) is 0. The summed E-state index contributed by atoms with van der Waals surface area (Å²) < 4.78 is 5.63. The van der Waals surface area contributed by atoms with Crippen molar-refractivity contribution in [3.8, 4) is 5.75 Å². The van der Waals surface area contributed by atoms with E-state index in [0.717, 1.165) is 23.2 Å². The van der Waals surface area contributed by atoms with E-state index in [1.165, 1.54) is 0 Å². The predicted molar refractivity (Wildman–Crippen MR) is 103 cm³/mol. The standard InChI is InChI=1S/C21H26N2O2/c1-4-13-23(15-18-9-6-5-7-10-18)21(24)22-19-11-8-12-20(14-19)25-16-17(2)3/h5-12,14H,2,4,13,15-16H2,1,3H3,(H,22,24). The molecule has 0 aliphatic carbocycles. The van der Waals surface area contributed by atoms with E-state index in [1.54, 1.807) is 0 Å². The van der Waals surface area contributed by atoms with Crippen LogP contribution in [0, 0.1) is 0 Å². The van der Waals surface area contributed by atoms with E-state index in [0.29, 0.717) is 25.4 Å². The SMILES string of the molecule is C=C(C)COc1cccc(NC(=O)N(CCC)Cc2ccccc2)c1. The van der Waals surface area contributed by atoms with Crippen molar-refractivity contribution < 1.29 is 9.53 Å². The van der Waals surface area contributed by atoms with Gasteiger partial charge in [-0.05, 0) is 36.6 Å². The maximum Gasteiger partial charge on any atom is 0.322 e. The summed E-state index contributed by atoms with van der Waals surface area (Å²) in [4.78, 5) is 14.5. The second-order valence-corrected chi connectivity index (χ2v) is 6.11. The number of hydrogen-bond acceptors (Lipinski definition) is 2. The van der Waals surface area contributed by atoms with E-state index < -0.39 is 0 Å². The van der Waals surface area contributed by atoms with Crippen molar-refractivity contribution in [3.05, 3.63) is 72.3 Å². The number of urea groups is 1. The Balaban J connectivity index is 2.02. The molecule has 2 aromatic carbocycles. The van der Waals surface area contributed by atoms with E-state index in [2.05, 4.69) is 18.8 Å². The second kappa shape index (κ2) is 9.52. The van der Waals surface area contributed by atoms with Crippen LogP contribution in [-0.4, -0.2) is 24.1 Å². The van der Waals surface area contributed by atoms with Crippen molar-refractivity contribution in [2.75, 3.05) is 18.5 Å². The van der Waals surface area contributed by atoms with Crippen LogP contribution in [0.2, 0.25) is 0 Å². The van der Waals surface area contributed by atoms with Crippen LogP contribution in [0.4, 0.5) is 10.5 Å². The Bertz CT molecular complexity index is 698. The normalized spacial score (nSPS) is 10.2. The molecule has 0 fully saturated rings. The molecule has 0 aromatic heterocycles. The third-order valence-electron chi connectivity index (χ3n) is 3.57. The number of anilines is 1. The number of ether oxygens (including phenoxy) is 1. The highest BCUT2D eigenvalue weighted by Gasteiger charge is 2.13. The first-order valence-electron chi connectivity index (χ1n) is 8.55. The summed E-state index contributed by atoms with van der Waals surface area (Å²) in [6.45, 7) is 9.56. The lowest BCUT2D eigenvalue weighted by Crippen LogP contribution is -2.35. The summed E-state index contributed by atoms with van der Waals surface area (Å²) in [5.74, 6) is 0.714. The quantitative estimate of drug-likeness (QED) is 0.682. The van der Waals surface area contributed by atoms with Crippen molar-refractivity contribution in [2.24, 2.45) is 0 Å². The molecule has 4 heteroatoms. The van der Waals surface area contributed by atoms with Crippen LogP contribution in [0.1, 0.15) is 25.8 Å². The third-order valence-corrected chi connectivity index (χ3v) is 3.57. The van der Waals surface area contributed by atoms with E-state index in [1.807, 2.05) is 66.4 Å². The molecule has 0 heterocycles. The molecule has 132 valence electrons. The average Bonchev–Trinajstić information content (AvgIpc) is 2.61. The Kier molecular flexibility index (Phi) is 7.08. The van der Waals surface area contributed by atoms with Crippen molar-refractivity contribution in [2.45, 2.75) is 26.8 Å². The molecule has 0 saturated heterocycles. The summed E-state index contributed by atoms with van der Waals surface area (Å²) in [5, 5.41) is 2.96. The summed E-state index contributed by atoms with van der Waals surface area (Å²) in [5.41, 5.74) is 2.79. The third kappa shape index (κ3) is 6.34. The molecule has 0 bridgehead atoms. The Hall–Kier alpha value is -2.75.